The van der Waals surface area contributed by atoms with Crippen molar-refractivity contribution >= 4 is 50.2 Å². The Morgan fingerprint density at radius 2 is 1.77 bits per heavy atom. The molecule has 1 saturated heterocycles. The molecule has 4 aromatic rings. The number of aryl methyl sites for hydroxylation is 1. The number of fused-ring (bicyclic) bond motifs is 1. The molecule has 4 N–H and O–H groups in total. The van der Waals surface area contributed by atoms with E-state index in [1.165, 1.54) is 12.0 Å². The predicted molar refractivity (Wildman–Crippen MR) is 179 cm³/mol. The summed E-state index contributed by atoms with van der Waals surface area (Å²) in [5.41, 5.74) is 1.94. The summed E-state index contributed by atoms with van der Waals surface area (Å²) in [4.78, 5) is 35.2. The lowest BCUT2D eigenvalue weighted by Crippen LogP contribution is -2.41. The molecule has 47 heavy (non-hydrogen) atoms. The van der Waals surface area contributed by atoms with Gasteiger partial charge in [-0.25, -0.2) is 18.2 Å². The van der Waals surface area contributed by atoms with E-state index in [4.69, 9.17) is 9.47 Å². The van der Waals surface area contributed by atoms with Gasteiger partial charge in [-0.1, -0.05) is 32.9 Å². The lowest BCUT2D eigenvalue weighted by atomic mass is 9.86. The van der Waals surface area contributed by atoms with Gasteiger partial charge in [0.2, 0.25) is 21.9 Å². The number of amides is 2. The van der Waals surface area contributed by atoms with Gasteiger partial charge in [-0.15, -0.1) is 0 Å². The van der Waals surface area contributed by atoms with Crippen LogP contribution >= 0.6 is 0 Å². The molecule has 0 spiro atoms. The van der Waals surface area contributed by atoms with E-state index in [0.717, 1.165) is 17.2 Å². The van der Waals surface area contributed by atoms with Crippen molar-refractivity contribution in [2.75, 3.05) is 41.8 Å². The first kappa shape index (κ1) is 33.3. The maximum absolute atomic E-state index is 13.8. The minimum absolute atomic E-state index is 0.0270. The Morgan fingerprint density at radius 1 is 1.06 bits per heavy atom. The summed E-state index contributed by atoms with van der Waals surface area (Å²) in [6.45, 7) is 6.82. The van der Waals surface area contributed by atoms with Gasteiger partial charge in [-0.05, 0) is 48.1 Å². The Bertz CT molecular complexity index is 1930. The molecule has 3 heterocycles. The van der Waals surface area contributed by atoms with Gasteiger partial charge in [0.05, 0.1) is 30.3 Å². The molecule has 250 valence electrons. The van der Waals surface area contributed by atoms with Crippen molar-refractivity contribution in [2.24, 2.45) is 7.05 Å². The molecule has 0 atom stereocenters. The molecule has 5 rings (SSSR count). The molecular formula is C32H39N7O7S. The zero-order chi connectivity index (χ0) is 34.1. The number of methoxy groups -OCH3 is 1. The Hall–Kier alpha value is -5.05. The number of nitrogens with one attached hydrogen (secondary N) is 3. The molecule has 0 unspecified atom stereocenters. The second-order valence-electron chi connectivity index (χ2n) is 12.5. The zero-order valence-corrected chi connectivity index (χ0v) is 27.9. The van der Waals surface area contributed by atoms with Gasteiger partial charge in [-0.3, -0.25) is 9.52 Å². The summed E-state index contributed by atoms with van der Waals surface area (Å²) in [7, 11) is -0.476. The lowest BCUT2D eigenvalue weighted by Gasteiger charge is -2.30. The molecule has 2 amide bonds. The first-order valence-electron chi connectivity index (χ1n) is 15.0. The van der Waals surface area contributed by atoms with E-state index in [1.807, 2.05) is 32.9 Å². The third-order valence-electron chi connectivity index (χ3n) is 7.90. The van der Waals surface area contributed by atoms with Crippen LogP contribution in [0.4, 0.5) is 22.1 Å². The predicted octanol–water partition coefficient (Wildman–Crippen LogP) is 5.24. The van der Waals surface area contributed by atoms with E-state index < -0.39 is 22.0 Å². The van der Waals surface area contributed by atoms with E-state index in [0.29, 0.717) is 60.4 Å². The highest BCUT2D eigenvalue weighted by atomic mass is 32.2. The molecular weight excluding hydrogens is 626 g/mol. The van der Waals surface area contributed by atoms with Gasteiger partial charge in [0, 0.05) is 43.8 Å². The number of nitrogens with zero attached hydrogens (tertiary/aromatic N) is 4. The van der Waals surface area contributed by atoms with Crippen LogP contribution in [0.25, 0.3) is 10.9 Å². The summed E-state index contributed by atoms with van der Waals surface area (Å²) < 4.78 is 40.2. The molecule has 2 aromatic heterocycles. The number of sulfonamides is 1. The van der Waals surface area contributed by atoms with Gasteiger partial charge in [0.25, 0.3) is 5.91 Å². The molecule has 1 aliphatic rings. The highest BCUT2D eigenvalue weighted by molar-refractivity contribution is 7.92. The van der Waals surface area contributed by atoms with Crippen molar-refractivity contribution in [1.82, 2.24) is 19.4 Å². The second-order valence-corrected chi connectivity index (χ2v) is 14.2. The standard InChI is InChI=1S/C32H39N7O7S/c1-32(2,3)20-17-22(28(45-5)23(18-20)37-47(6,43)44)35-29(40)24-16-19-8-7-9-25(27(19)38(24)4)46-26-10-13-33-30(36-26)34-21-11-14-39(15-12-21)31(41)42/h7-10,13,16-18,21,37H,11-12,14-15H2,1-6H3,(H,35,40)(H,41,42)(H,33,34,36). The molecule has 0 saturated carbocycles. The third-order valence-corrected chi connectivity index (χ3v) is 8.49. The molecule has 0 bridgehead atoms. The molecule has 0 radical (unpaired) electrons. The Balaban J connectivity index is 1.40. The molecule has 2 aromatic carbocycles. The fourth-order valence-electron chi connectivity index (χ4n) is 5.49. The number of aromatic nitrogens is 3. The maximum atomic E-state index is 13.8. The number of likely N-dealkylation sites (tertiary alicyclic amines) is 1. The normalized spacial score (nSPS) is 14.1. The Kier molecular flexibility index (Phi) is 9.20. The fourth-order valence-corrected chi connectivity index (χ4v) is 6.05. The van der Waals surface area contributed by atoms with Gasteiger partial charge in [-0.2, -0.15) is 4.98 Å². The Morgan fingerprint density at radius 3 is 2.40 bits per heavy atom. The van der Waals surface area contributed by atoms with E-state index >= 15 is 0 Å². The highest BCUT2D eigenvalue weighted by Crippen LogP contribution is 2.40. The number of carbonyl (C=O) groups is 2. The zero-order valence-electron chi connectivity index (χ0n) is 27.1. The summed E-state index contributed by atoms with van der Waals surface area (Å²) in [6.07, 6.45) is 2.98. The monoisotopic (exact) mass is 665 g/mol. The first-order chi connectivity index (χ1) is 22.1. The topological polar surface area (TPSA) is 177 Å². The average molecular weight is 666 g/mol. The highest BCUT2D eigenvalue weighted by Gasteiger charge is 2.25. The number of rotatable bonds is 9. The summed E-state index contributed by atoms with van der Waals surface area (Å²) in [6, 6.07) is 12.3. The van der Waals surface area contributed by atoms with Gasteiger partial charge in [0.1, 0.15) is 5.69 Å². The van der Waals surface area contributed by atoms with Crippen molar-refractivity contribution < 1.29 is 32.6 Å². The largest absolute Gasteiger partial charge is 0.492 e. The number of anilines is 3. The number of ether oxygens (including phenoxy) is 2. The second kappa shape index (κ2) is 13.0. The molecule has 14 nitrogen and oxygen atoms in total. The van der Waals surface area contributed by atoms with Gasteiger partial charge >= 0.3 is 6.09 Å². The maximum Gasteiger partial charge on any atom is 0.407 e. The number of piperidine rings is 1. The van der Waals surface area contributed by atoms with Crippen LogP contribution in [0.1, 0.15) is 49.7 Å². The fraction of sp³-hybridized carbons (Fsp3) is 0.375. The number of carbonyl (C=O) groups excluding carboxylic acids is 1. The smallest absolute Gasteiger partial charge is 0.407 e. The number of hydrogen-bond donors (Lipinski definition) is 4. The van der Waals surface area contributed by atoms with Gasteiger partial charge in [0.15, 0.2) is 11.5 Å². The molecule has 1 aliphatic heterocycles. The van der Waals surface area contributed by atoms with Gasteiger partial charge < -0.3 is 34.7 Å². The van der Waals surface area contributed by atoms with E-state index in [2.05, 4.69) is 25.3 Å². The first-order valence-corrected chi connectivity index (χ1v) is 16.9. The van der Waals surface area contributed by atoms with Crippen LogP contribution in [0.5, 0.6) is 17.4 Å². The van der Waals surface area contributed by atoms with Crippen LogP contribution in [0.3, 0.4) is 0 Å². The third kappa shape index (κ3) is 7.68. The number of hydrogen-bond acceptors (Lipinski definition) is 9. The quantitative estimate of drug-likeness (QED) is 0.185. The summed E-state index contributed by atoms with van der Waals surface area (Å²) in [5.74, 6) is 0.869. The van der Waals surface area contributed by atoms with E-state index in [-0.39, 0.29) is 22.9 Å². The average Bonchev–Trinajstić information content (AvgIpc) is 3.33. The molecule has 1 fully saturated rings. The van der Waals surface area contributed by atoms with Crippen LogP contribution in [-0.2, 0) is 22.5 Å². The van der Waals surface area contributed by atoms with E-state index in [1.54, 1.807) is 48.1 Å². The Labute approximate surface area is 273 Å². The number of para-hydroxylation sites is 1. The van der Waals surface area contributed by atoms with Crippen LogP contribution in [0.2, 0.25) is 0 Å². The minimum Gasteiger partial charge on any atom is -0.492 e. The molecule has 15 heteroatoms. The van der Waals surface area contributed by atoms with Crippen LogP contribution in [0, 0.1) is 0 Å². The number of benzene rings is 2. The molecule has 0 aliphatic carbocycles. The van der Waals surface area contributed by atoms with Crippen LogP contribution < -0.4 is 24.8 Å². The van der Waals surface area contributed by atoms with Crippen molar-refractivity contribution in [3.8, 4) is 17.4 Å². The van der Waals surface area contributed by atoms with Crippen molar-refractivity contribution in [2.45, 2.75) is 45.1 Å². The van der Waals surface area contributed by atoms with Crippen LogP contribution in [0.15, 0.2) is 48.7 Å². The summed E-state index contributed by atoms with van der Waals surface area (Å²) in [5, 5.41) is 16.1. The SMILES string of the molecule is COc1c(NC(=O)c2cc3cccc(Oc4ccnc(NC5CCN(C(=O)O)CC5)n4)c3n2C)cc(C(C)(C)C)cc1NS(C)(=O)=O. The van der Waals surface area contributed by atoms with Crippen molar-refractivity contribution in [1.29, 1.82) is 0 Å². The van der Waals surface area contributed by atoms with Crippen molar-refractivity contribution in [3.63, 3.8) is 0 Å². The number of carboxylic acid groups (broad SMARTS) is 1. The van der Waals surface area contributed by atoms with Crippen molar-refractivity contribution in [3.05, 3.63) is 59.9 Å². The van der Waals surface area contributed by atoms with Crippen LogP contribution in [-0.4, -0.2) is 77.5 Å². The summed E-state index contributed by atoms with van der Waals surface area (Å²) >= 11 is 0. The van der Waals surface area contributed by atoms with E-state index in [9.17, 15) is 23.1 Å². The lowest BCUT2D eigenvalue weighted by molar-refractivity contribution is 0.101. The minimum atomic E-state index is -3.63.